The molecule has 2 aromatic carbocycles. The highest BCUT2D eigenvalue weighted by Gasteiger charge is 2.31. The summed E-state index contributed by atoms with van der Waals surface area (Å²) in [7, 11) is 0. The molecule has 5 nitrogen and oxygen atoms in total. The predicted octanol–water partition coefficient (Wildman–Crippen LogP) is 3.88. The fraction of sp³-hybridized carbons (Fsp3) is 0.273. The Hall–Kier alpha value is -3.47. The fourth-order valence-corrected chi connectivity index (χ4v) is 2.98. The van der Waals surface area contributed by atoms with Crippen molar-refractivity contribution in [1.29, 1.82) is 0 Å². The van der Waals surface area contributed by atoms with E-state index in [1.54, 1.807) is 4.90 Å². The van der Waals surface area contributed by atoms with Crippen LogP contribution in [0.15, 0.2) is 48.5 Å². The highest BCUT2D eigenvalue weighted by atomic mass is 19.4. The van der Waals surface area contributed by atoms with Crippen LogP contribution >= 0.6 is 0 Å². The summed E-state index contributed by atoms with van der Waals surface area (Å²) >= 11 is 0. The van der Waals surface area contributed by atoms with E-state index in [2.05, 4.69) is 21.9 Å². The molecule has 1 saturated heterocycles. The molecule has 3 rings (SSSR count). The average molecular weight is 416 g/mol. The van der Waals surface area contributed by atoms with Gasteiger partial charge in [0.05, 0.1) is 6.54 Å². The van der Waals surface area contributed by atoms with Crippen molar-refractivity contribution in [1.82, 2.24) is 5.32 Å². The molecule has 8 heteroatoms. The van der Waals surface area contributed by atoms with Gasteiger partial charge < -0.3 is 15.0 Å². The summed E-state index contributed by atoms with van der Waals surface area (Å²) in [6.07, 6.45) is -2.29. The lowest BCUT2D eigenvalue weighted by Crippen LogP contribution is -2.35. The lowest BCUT2D eigenvalue weighted by molar-refractivity contribution is -0.274. The number of ether oxygens (including phenoxy) is 1. The second-order valence-corrected chi connectivity index (χ2v) is 6.61. The van der Waals surface area contributed by atoms with Crippen LogP contribution in [0.1, 0.15) is 35.2 Å². The lowest BCUT2D eigenvalue weighted by Gasteiger charge is -2.26. The first-order valence-corrected chi connectivity index (χ1v) is 9.35. The third-order valence-electron chi connectivity index (χ3n) is 4.42. The van der Waals surface area contributed by atoms with E-state index < -0.39 is 18.0 Å². The summed E-state index contributed by atoms with van der Waals surface area (Å²) in [5.74, 6) is 5.01. The summed E-state index contributed by atoms with van der Waals surface area (Å²) in [6, 6.07) is 11.9. The standard InChI is InChI=1S/C22H19F3N2O3/c23-22(24,25)30-19-12-8-17(9-13-19)21(29)26-14-3-4-16-6-10-18(11-7-16)27-15-2-1-5-20(27)28/h6-13H,1-2,5,14-15H2,(H,26,29). The summed E-state index contributed by atoms with van der Waals surface area (Å²) < 4.78 is 40.2. The Kier molecular flexibility index (Phi) is 6.62. The predicted molar refractivity (Wildman–Crippen MR) is 105 cm³/mol. The molecule has 30 heavy (non-hydrogen) atoms. The Labute approximate surface area is 171 Å². The monoisotopic (exact) mass is 416 g/mol. The van der Waals surface area contributed by atoms with E-state index in [0.717, 1.165) is 42.8 Å². The molecule has 1 aliphatic rings. The van der Waals surface area contributed by atoms with Crippen LogP contribution in [0.25, 0.3) is 0 Å². The number of hydrogen-bond acceptors (Lipinski definition) is 3. The van der Waals surface area contributed by atoms with Crippen LogP contribution in [0.5, 0.6) is 5.75 Å². The number of halogens is 3. The van der Waals surface area contributed by atoms with Gasteiger partial charge in [0.1, 0.15) is 5.75 Å². The Morgan fingerprint density at radius 2 is 1.77 bits per heavy atom. The Morgan fingerprint density at radius 3 is 2.40 bits per heavy atom. The second kappa shape index (κ2) is 9.35. The summed E-state index contributed by atoms with van der Waals surface area (Å²) in [5, 5.41) is 2.58. The van der Waals surface area contributed by atoms with E-state index in [1.165, 1.54) is 12.1 Å². The van der Waals surface area contributed by atoms with Crippen LogP contribution in [-0.4, -0.2) is 31.3 Å². The Morgan fingerprint density at radius 1 is 1.07 bits per heavy atom. The fourth-order valence-electron chi connectivity index (χ4n) is 2.98. The number of anilines is 1. The number of piperidine rings is 1. The molecule has 0 aromatic heterocycles. The zero-order chi connectivity index (χ0) is 21.6. The van der Waals surface area contributed by atoms with Crippen LogP contribution in [0.2, 0.25) is 0 Å². The minimum atomic E-state index is -4.78. The molecule has 1 aliphatic heterocycles. The zero-order valence-corrected chi connectivity index (χ0v) is 16.0. The van der Waals surface area contributed by atoms with E-state index in [0.29, 0.717) is 6.42 Å². The molecule has 0 aliphatic carbocycles. The normalized spacial score (nSPS) is 14.0. The van der Waals surface area contributed by atoms with Gasteiger partial charge in [-0.05, 0) is 61.4 Å². The maximum absolute atomic E-state index is 12.1. The first-order valence-electron chi connectivity index (χ1n) is 9.35. The number of carbonyl (C=O) groups is 2. The Balaban J connectivity index is 1.50. The van der Waals surface area contributed by atoms with Crippen LogP contribution in [0.3, 0.4) is 0 Å². The number of benzene rings is 2. The SMILES string of the molecule is O=C(NCC#Cc1ccc(N2CCCCC2=O)cc1)c1ccc(OC(F)(F)F)cc1. The van der Waals surface area contributed by atoms with Crippen molar-refractivity contribution < 1.29 is 27.5 Å². The number of nitrogens with zero attached hydrogens (tertiary/aromatic N) is 1. The molecule has 1 fully saturated rings. The molecular formula is C22H19F3N2O3. The summed E-state index contributed by atoms with van der Waals surface area (Å²) in [5.41, 5.74) is 1.78. The highest BCUT2D eigenvalue weighted by molar-refractivity contribution is 5.94. The molecule has 1 heterocycles. The van der Waals surface area contributed by atoms with Crippen LogP contribution in [0, 0.1) is 11.8 Å². The van der Waals surface area contributed by atoms with E-state index in [1.807, 2.05) is 24.3 Å². The van der Waals surface area contributed by atoms with Gasteiger partial charge in [0.25, 0.3) is 5.91 Å². The smallest absolute Gasteiger partial charge is 0.406 e. The van der Waals surface area contributed by atoms with Gasteiger partial charge in [0.2, 0.25) is 5.91 Å². The topological polar surface area (TPSA) is 58.6 Å². The molecule has 1 N–H and O–H groups in total. The van der Waals surface area contributed by atoms with Crippen molar-refractivity contribution >= 4 is 17.5 Å². The third-order valence-corrected chi connectivity index (χ3v) is 4.42. The largest absolute Gasteiger partial charge is 0.573 e. The highest BCUT2D eigenvalue weighted by Crippen LogP contribution is 2.23. The van der Waals surface area contributed by atoms with Gasteiger partial charge in [-0.15, -0.1) is 13.2 Å². The molecular weight excluding hydrogens is 397 g/mol. The molecule has 0 bridgehead atoms. The molecule has 0 spiro atoms. The van der Waals surface area contributed by atoms with E-state index in [9.17, 15) is 22.8 Å². The van der Waals surface area contributed by atoms with Crippen molar-refractivity contribution in [3.63, 3.8) is 0 Å². The number of amides is 2. The molecule has 0 saturated carbocycles. The quantitative estimate of drug-likeness (QED) is 0.770. The second-order valence-electron chi connectivity index (χ2n) is 6.61. The molecule has 2 amide bonds. The van der Waals surface area contributed by atoms with Crippen LogP contribution < -0.4 is 15.0 Å². The summed E-state index contributed by atoms with van der Waals surface area (Å²) in [6.45, 7) is 0.797. The van der Waals surface area contributed by atoms with E-state index in [4.69, 9.17) is 0 Å². The van der Waals surface area contributed by atoms with Crippen molar-refractivity contribution in [2.24, 2.45) is 0 Å². The van der Waals surface area contributed by atoms with Gasteiger partial charge in [0.15, 0.2) is 0 Å². The van der Waals surface area contributed by atoms with Crippen molar-refractivity contribution in [2.45, 2.75) is 25.6 Å². The van der Waals surface area contributed by atoms with Gasteiger partial charge in [0, 0.05) is 29.8 Å². The number of carbonyl (C=O) groups excluding carboxylic acids is 2. The first kappa shape index (κ1) is 21.2. The number of rotatable bonds is 4. The van der Waals surface area contributed by atoms with Gasteiger partial charge in [-0.25, -0.2) is 0 Å². The molecule has 0 atom stereocenters. The van der Waals surface area contributed by atoms with E-state index >= 15 is 0 Å². The number of hydrogen-bond donors (Lipinski definition) is 1. The van der Waals surface area contributed by atoms with Crippen molar-refractivity contribution in [2.75, 3.05) is 18.0 Å². The maximum Gasteiger partial charge on any atom is 0.573 e. The zero-order valence-electron chi connectivity index (χ0n) is 16.0. The minimum absolute atomic E-state index is 0.0754. The molecule has 156 valence electrons. The van der Waals surface area contributed by atoms with Gasteiger partial charge in [-0.1, -0.05) is 11.8 Å². The van der Waals surface area contributed by atoms with Crippen molar-refractivity contribution in [3.8, 4) is 17.6 Å². The van der Waals surface area contributed by atoms with Crippen LogP contribution in [-0.2, 0) is 4.79 Å². The van der Waals surface area contributed by atoms with Crippen LogP contribution in [0.4, 0.5) is 18.9 Å². The van der Waals surface area contributed by atoms with Gasteiger partial charge in [-0.3, -0.25) is 9.59 Å². The average Bonchev–Trinajstić information content (AvgIpc) is 2.71. The molecule has 0 radical (unpaired) electrons. The first-order chi connectivity index (χ1) is 14.3. The molecule has 2 aromatic rings. The van der Waals surface area contributed by atoms with Gasteiger partial charge >= 0.3 is 6.36 Å². The lowest BCUT2D eigenvalue weighted by atomic mass is 10.1. The van der Waals surface area contributed by atoms with E-state index in [-0.39, 0.29) is 18.0 Å². The van der Waals surface area contributed by atoms with Crippen molar-refractivity contribution in [3.05, 3.63) is 59.7 Å². The molecule has 0 unspecified atom stereocenters. The number of nitrogens with one attached hydrogen (secondary N) is 1. The minimum Gasteiger partial charge on any atom is -0.406 e. The number of alkyl halides is 3. The van der Waals surface area contributed by atoms with Gasteiger partial charge in [-0.2, -0.15) is 0 Å². The Bertz CT molecular complexity index is 958. The third kappa shape index (κ3) is 6.01. The summed E-state index contributed by atoms with van der Waals surface area (Å²) in [4.78, 5) is 25.7. The maximum atomic E-state index is 12.1.